The van der Waals surface area contributed by atoms with E-state index in [9.17, 15) is 0 Å². The van der Waals surface area contributed by atoms with Crippen LogP contribution < -0.4 is 0 Å². The Morgan fingerprint density at radius 1 is 0.556 bits per heavy atom. The molecule has 63 heavy (non-hydrogen) atoms. The van der Waals surface area contributed by atoms with Gasteiger partial charge >= 0.3 is 0 Å². The third-order valence-electron chi connectivity index (χ3n) is 12.2. The fourth-order valence-electron chi connectivity index (χ4n) is 9.36. The minimum Gasteiger partial charge on any atom is -0.312 e. The Balaban J connectivity index is 1.40. The van der Waals surface area contributed by atoms with Crippen LogP contribution in [0.5, 0.6) is 0 Å². The van der Waals surface area contributed by atoms with E-state index in [0.717, 1.165) is 29.5 Å². The predicted octanol–water partition coefficient (Wildman–Crippen LogP) is 16.5. The monoisotopic (exact) mass is 825 g/mol. The number of hydrogen-bond acceptors (Lipinski definition) is 0. The van der Waals surface area contributed by atoms with Crippen LogP contribution in [0.3, 0.4) is 0 Å². The van der Waals surface area contributed by atoms with Gasteiger partial charge in [0, 0.05) is 47.4 Å². The molecule has 10 rings (SSSR count). The lowest BCUT2D eigenvalue weighted by Gasteiger charge is -2.43. The van der Waals surface area contributed by atoms with Crippen LogP contribution in [0.2, 0.25) is 0 Å². The highest BCUT2D eigenvalue weighted by molar-refractivity contribution is 8.34. The van der Waals surface area contributed by atoms with E-state index in [4.69, 9.17) is 6.42 Å². The summed E-state index contributed by atoms with van der Waals surface area (Å²) in [5.41, 5.74) is 14.4. The van der Waals surface area contributed by atoms with Crippen LogP contribution >= 0.6 is 10.0 Å². The van der Waals surface area contributed by atoms with Crippen molar-refractivity contribution in [2.45, 2.75) is 39.3 Å². The summed E-state index contributed by atoms with van der Waals surface area (Å²) in [6, 6.07) is 76.3. The first-order valence-electron chi connectivity index (χ1n) is 21.7. The molecule has 2 heteroatoms. The Kier molecular flexibility index (Phi) is 10.9. The second-order valence-electron chi connectivity index (χ2n) is 16.0. The second kappa shape index (κ2) is 17.4. The van der Waals surface area contributed by atoms with Crippen LogP contribution in [0.4, 0.5) is 0 Å². The highest BCUT2D eigenvalue weighted by atomic mass is 32.3. The molecular formula is C61H47NS. The number of terminal acetylenes is 1. The van der Waals surface area contributed by atoms with Crippen molar-refractivity contribution in [3.05, 3.63) is 247 Å². The molecule has 0 aliphatic heterocycles. The molecule has 1 aromatic heterocycles. The SMILES string of the molecule is C#C/C=C\C=C(/C)c1cc(S(c2ccccc2)(c2ccccc2)c2cc(-c3ccccc3)cc(-c3ccccc3)c2)cc(-c2ccccc2)c1-n1c2c(c3ccccc31)C=CCC2. The Bertz CT molecular complexity index is 3110. The Morgan fingerprint density at radius 3 is 1.67 bits per heavy atom. The van der Waals surface area contributed by atoms with Gasteiger partial charge in [-0.05, 0) is 120 Å². The highest BCUT2D eigenvalue weighted by Gasteiger charge is 2.36. The highest BCUT2D eigenvalue weighted by Crippen LogP contribution is 2.74. The summed E-state index contributed by atoms with van der Waals surface area (Å²) < 4.78 is 2.57. The maximum Gasteiger partial charge on any atom is 0.0613 e. The van der Waals surface area contributed by atoms with Crippen molar-refractivity contribution in [1.82, 2.24) is 4.57 Å². The van der Waals surface area contributed by atoms with Crippen molar-refractivity contribution >= 4 is 32.6 Å². The first kappa shape index (κ1) is 39.6. The van der Waals surface area contributed by atoms with E-state index in [1.807, 2.05) is 6.08 Å². The quantitative estimate of drug-likeness (QED) is 0.0956. The van der Waals surface area contributed by atoms with Gasteiger partial charge in [0.05, 0.1) is 11.2 Å². The van der Waals surface area contributed by atoms with Gasteiger partial charge in [0.2, 0.25) is 0 Å². The normalized spacial score (nSPS) is 12.9. The molecule has 0 radical (unpaired) electrons. The zero-order valence-corrected chi connectivity index (χ0v) is 36.2. The zero-order valence-electron chi connectivity index (χ0n) is 35.4. The number of fused-ring (bicyclic) bond motifs is 3. The first-order valence-corrected chi connectivity index (χ1v) is 23.3. The molecule has 9 aromatic rings. The number of hydrogen-bond donors (Lipinski definition) is 0. The van der Waals surface area contributed by atoms with E-state index in [2.05, 4.69) is 242 Å². The molecule has 8 aromatic carbocycles. The summed E-state index contributed by atoms with van der Waals surface area (Å²) in [6.45, 7) is 2.24. The summed E-state index contributed by atoms with van der Waals surface area (Å²) >= 11 is 0. The van der Waals surface area contributed by atoms with E-state index >= 15 is 0 Å². The lowest BCUT2D eigenvalue weighted by atomic mass is 9.95. The van der Waals surface area contributed by atoms with Gasteiger partial charge in [0.1, 0.15) is 0 Å². The smallest absolute Gasteiger partial charge is 0.0613 e. The van der Waals surface area contributed by atoms with E-state index in [1.165, 1.54) is 75.2 Å². The molecule has 0 unspecified atom stereocenters. The van der Waals surface area contributed by atoms with Crippen LogP contribution in [0.15, 0.2) is 250 Å². The van der Waals surface area contributed by atoms with Crippen molar-refractivity contribution in [1.29, 1.82) is 0 Å². The summed E-state index contributed by atoms with van der Waals surface area (Å²) in [5.74, 6) is 2.72. The summed E-state index contributed by atoms with van der Waals surface area (Å²) in [6.07, 6.45) is 18.4. The second-order valence-corrected chi connectivity index (χ2v) is 19.1. The largest absolute Gasteiger partial charge is 0.312 e. The number of nitrogens with zero attached hydrogens (tertiary/aromatic N) is 1. The van der Waals surface area contributed by atoms with Gasteiger partial charge in [0.25, 0.3) is 0 Å². The first-order chi connectivity index (χ1) is 31.1. The van der Waals surface area contributed by atoms with Crippen LogP contribution in [0, 0.1) is 12.3 Å². The molecule has 1 nitrogen and oxygen atoms in total. The number of aromatic nitrogens is 1. The number of benzene rings is 8. The van der Waals surface area contributed by atoms with Crippen molar-refractivity contribution in [2.75, 3.05) is 0 Å². The molecule has 0 amide bonds. The topological polar surface area (TPSA) is 4.93 Å². The Labute approximate surface area is 373 Å². The molecular weight excluding hydrogens is 779 g/mol. The van der Waals surface area contributed by atoms with Crippen LogP contribution in [0.25, 0.3) is 61.6 Å². The molecule has 0 atom stereocenters. The fraction of sp³-hybridized carbons (Fsp3) is 0.0492. The lowest BCUT2D eigenvalue weighted by molar-refractivity contribution is 0.887. The Morgan fingerprint density at radius 2 is 1.08 bits per heavy atom. The molecule has 1 heterocycles. The fourth-order valence-corrected chi connectivity index (χ4v) is 13.3. The van der Waals surface area contributed by atoms with E-state index in [-0.39, 0.29) is 0 Å². The number of para-hydroxylation sites is 1. The zero-order chi connectivity index (χ0) is 42.6. The van der Waals surface area contributed by atoms with Gasteiger partial charge in [-0.3, -0.25) is 0 Å². The third kappa shape index (κ3) is 7.27. The van der Waals surface area contributed by atoms with E-state index in [0.29, 0.717) is 0 Å². The summed E-state index contributed by atoms with van der Waals surface area (Å²) in [4.78, 5) is 5.04. The minimum atomic E-state index is -2.23. The summed E-state index contributed by atoms with van der Waals surface area (Å²) in [7, 11) is -2.23. The van der Waals surface area contributed by atoms with Gasteiger partial charge in [-0.15, -0.1) is 16.5 Å². The minimum absolute atomic E-state index is 0.952. The maximum atomic E-state index is 5.81. The molecule has 0 saturated heterocycles. The van der Waals surface area contributed by atoms with Crippen molar-refractivity contribution in [3.63, 3.8) is 0 Å². The van der Waals surface area contributed by atoms with Crippen molar-refractivity contribution in [2.24, 2.45) is 0 Å². The van der Waals surface area contributed by atoms with E-state index < -0.39 is 10.0 Å². The molecule has 0 saturated carbocycles. The van der Waals surface area contributed by atoms with Crippen LogP contribution in [0.1, 0.15) is 30.2 Å². The van der Waals surface area contributed by atoms with Gasteiger partial charge in [-0.25, -0.2) is 0 Å². The van der Waals surface area contributed by atoms with Crippen molar-refractivity contribution < 1.29 is 0 Å². The molecule has 302 valence electrons. The van der Waals surface area contributed by atoms with Crippen LogP contribution in [-0.4, -0.2) is 4.57 Å². The third-order valence-corrected chi connectivity index (χ3v) is 16.1. The van der Waals surface area contributed by atoms with Gasteiger partial charge < -0.3 is 4.57 Å². The summed E-state index contributed by atoms with van der Waals surface area (Å²) in [5, 5.41) is 1.27. The molecule has 0 spiro atoms. The number of allylic oxidation sites excluding steroid dienone is 5. The van der Waals surface area contributed by atoms with Crippen LogP contribution in [-0.2, 0) is 6.42 Å². The molecule has 0 bridgehead atoms. The number of rotatable bonds is 10. The average Bonchev–Trinajstić information content (AvgIpc) is 3.69. The predicted molar refractivity (Wildman–Crippen MR) is 269 cm³/mol. The maximum absolute atomic E-state index is 5.81. The molecule has 1 aliphatic rings. The van der Waals surface area contributed by atoms with Gasteiger partial charge in [0.15, 0.2) is 0 Å². The van der Waals surface area contributed by atoms with E-state index in [1.54, 1.807) is 6.08 Å². The molecule has 0 N–H and O–H groups in total. The van der Waals surface area contributed by atoms with Crippen molar-refractivity contribution in [3.8, 4) is 51.4 Å². The van der Waals surface area contributed by atoms with Gasteiger partial charge in [-0.2, -0.15) is 0 Å². The van der Waals surface area contributed by atoms with Gasteiger partial charge in [-0.1, -0.05) is 176 Å². The Hall–Kier alpha value is -7.57. The lowest BCUT2D eigenvalue weighted by Crippen LogP contribution is -2.11. The molecule has 1 aliphatic carbocycles. The average molecular weight is 826 g/mol. The standard InChI is InChI=1S/C61H47NS/c1-3-4-10-25-45(2)57-43-54(44-58(48-30-15-7-16-31-48)61(57)62-59-38-23-21-36-55(59)56-37-22-24-39-60(56)62)63(51-32-17-8-18-33-51,52-34-19-9-20-35-52)53-41-49(46-26-11-5-12-27-46)40-50(42-53)47-28-13-6-14-29-47/h1,4-23,25-38,40-44H,24,39H2,2H3/b10-4-,45-25+. The molecule has 0 fully saturated rings.